The molecule has 0 spiro atoms. The van der Waals surface area contributed by atoms with Gasteiger partial charge in [-0.05, 0) is 42.7 Å². The number of aromatic nitrogens is 2. The van der Waals surface area contributed by atoms with E-state index in [0.29, 0.717) is 30.0 Å². The molecular formula is C29H35BrFN3O3. The van der Waals surface area contributed by atoms with Crippen molar-refractivity contribution in [2.24, 2.45) is 11.8 Å². The molecule has 1 N–H and O–H groups in total. The topological polar surface area (TPSA) is 68.4 Å². The van der Waals surface area contributed by atoms with E-state index in [9.17, 15) is 9.50 Å². The Kier molecular flexibility index (Phi) is 7.70. The minimum atomic E-state index is -1.27. The highest BCUT2D eigenvalue weighted by Gasteiger charge is 2.49. The lowest BCUT2D eigenvalue weighted by molar-refractivity contribution is -0.959. The Morgan fingerprint density at radius 1 is 0.946 bits per heavy atom. The van der Waals surface area contributed by atoms with Crippen LogP contribution < -0.4 is 21.7 Å². The third-order valence-electron chi connectivity index (χ3n) is 8.82. The first kappa shape index (κ1) is 26.3. The highest BCUT2D eigenvalue weighted by atomic mass is 79.9. The smallest absolute Gasteiger partial charge is 0.271 e. The van der Waals surface area contributed by atoms with E-state index in [1.807, 2.05) is 30.3 Å². The maximum atomic E-state index is 13.3. The molecule has 7 rings (SSSR count). The fourth-order valence-electron chi connectivity index (χ4n) is 6.77. The molecule has 2 bridgehead atoms. The van der Waals surface area contributed by atoms with E-state index in [1.165, 1.54) is 18.6 Å². The number of piperidine rings is 3. The highest BCUT2D eigenvalue weighted by Crippen LogP contribution is 2.44. The van der Waals surface area contributed by atoms with Crippen molar-refractivity contribution in [1.82, 2.24) is 10.2 Å². The zero-order chi connectivity index (χ0) is 24.6. The summed E-state index contributed by atoms with van der Waals surface area (Å²) in [5.41, 5.74) is -0.443. The van der Waals surface area contributed by atoms with Crippen LogP contribution in [0.2, 0.25) is 0 Å². The number of hydrogen-bond donors (Lipinski definition) is 1. The molecule has 2 atom stereocenters. The minimum absolute atomic E-state index is 0. The number of ether oxygens (including phenoxy) is 1. The fourth-order valence-corrected chi connectivity index (χ4v) is 6.77. The van der Waals surface area contributed by atoms with Gasteiger partial charge in [0.15, 0.2) is 18.2 Å². The van der Waals surface area contributed by atoms with Crippen molar-refractivity contribution in [3.8, 4) is 5.75 Å². The van der Waals surface area contributed by atoms with Crippen LogP contribution in [0.1, 0.15) is 62.3 Å². The molecule has 4 fully saturated rings. The van der Waals surface area contributed by atoms with Gasteiger partial charge in [0.25, 0.3) is 11.8 Å². The number of halogens is 2. The average Bonchev–Trinajstić information content (AvgIpc) is 3.39. The summed E-state index contributed by atoms with van der Waals surface area (Å²) in [7, 11) is 0. The minimum Gasteiger partial charge on any atom is -1.00 e. The number of rotatable bonds is 7. The molecule has 6 nitrogen and oxygen atoms in total. The second-order valence-electron chi connectivity index (χ2n) is 11.0. The summed E-state index contributed by atoms with van der Waals surface area (Å²) in [5, 5.41) is 21.0. The van der Waals surface area contributed by atoms with Crippen LogP contribution in [0.25, 0.3) is 0 Å². The Bertz CT molecular complexity index is 1160. The fraction of sp³-hybridized carbons (Fsp3) is 0.517. The van der Waals surface area contributed by atoms with Crippen LogP contribution in [0.3, 0.4) is 0 Å². The van der Waals surface area contributed by atoms with Crippen molar-refractivity contribution >= 4 is 0 Å². The quantitative estimate of drug-likeness (QED) is 0.440. The first-order valence-corrected chi connectivity index (χ1v) is 13.4. The van der Waals surface area contributed by atoms with E-state index in [4.69, 9.17) is 9.15 Å². The first-order chi connectivity index (χ1) is 17.5. The van der Waals surface area contributed by atoms with E-state index in [2.05, 4.69) is 10.2 Å². The van der Waals surface area contributed by atoms with Gasteiger partial charge in [0.1, 0.15) is 18.1 Å². The van der Waals surface area contributed by atoms with Crippen molar-refractivity contribution in [1.29, 1.82) is 0 Å². The molecule has 0 amide bonds. The summed E-state index contributed by atoms with van der Waals surface area (Å²) < 4.78 is 26.8. The summed E-state index contributed by atoms with van der Waals surface area (Å²) in [6, 6.07) is 16.1. The number of benzene rings is 2. The Hall–Kier alpha value is -2.29. The molecule has 2 aromatic carbocycles. The monoisotopic (exact) mass is 571 g/mol. The van der Waals surface area contributed by atoms with Crippen molar-refractivity contribution in [2.75, 3.05) is 19.6 Å². The molecule has 0 unspecified atom stereocenters. The predicted octanol–water partition coefficient (Wildman–Crippen LogP) is 2.22. The zero-order valence-corrected chi connectivity index (χ0v) is 22.7. The van der Waals surface area contributed by atoms with Gasteiger partial charge in [0.2, 0.25) is 0 Å². The summed E-state index contributed by atoms with van der Waals surface area (Å²) in [4.78, 5) is 0. The molecule has 4 aliphatic rings. The summed E-state index contributed by atoms with van der Waals surface area (Å²) in [6.45, 7) is 3.61. The van der Waals surface area contributed by atoms with Gasteiger partial charge in [0.05, 0.1) is 13.1 Å². The Balaban J connectivity index is 0.00000280. The van der Waals surface area contributed by atoms with Gasteiger partial charge in [-0.3, -0.25) is 0 Å². The molecule has 1 aromatic heterocycles. The molecule has 8 heteroatoms. The van der Waals surface area contributed by atoms with Gasteiger partial charge < -0.3 is 35.7 Å². The Labute approximate surface area is 228 Å². The second-order valence-corrected chi connectivity index (χ2v) is 11.0. The number of quaternary nitrogens is 1. The number of hydrogen-bond acceptors (Lipinski definition) is 5. The van der Waals surface area contributed by atoms with Gasteiger partial charge in [-0.1, -0.05) is 49.6 Å². The molecule has 198 valence electrons. The van der Waals surface area contributed by atoms with Crippen LogP contribution in [-0.2, 0) is 12.1 Å². The zero-order valence-electron chi connectivity index (χ0n) is 21.1. The van der Waals surface area contributed by atoms with Gasteiger partial charge in [-0.25, -0.2) is 4.39 Å². The third-order valence-corrected chi connectivity index (χ3v) is 8.82. The third kappa shape index (κ3) is 5.20. The molecule has 3 aliphatic heterocycles. The van der Waals surface area contributed by atoms with Gasteiger partial charge in [-0.2, -0.15) is 0 Å². The molecule has 0 radical (unpaired) electrons. The number of nitrogens with zero attached hydrogens (tertiary/aromatic N) is 3. The standard InChI is InChI=1S/C29H35FN3O3.BrH/c30-24-11-13-25(14-12-24)35-26-19-33(17-15-21(26)16-18-33)20-27-31-32-28(36-27)29(34,22-7-3-1-4-8-22)23-9-5-2-6-10-23;/h1,3-4,7-8,11-14,21,23,26,34H,2,5-6,9-10,15-20H2;1H/q+1;/p-1/t21?,26-,29-,33?;/m0./s1. The van der Waals surface area contributed by atoms with Crippen LogP contribution in [0, 0.1) is 17.7 Å². The molecule has 1 aliphatic carbocycles. The Morgan fingerprint density at radius 3 is 2.35 bits per heavy atom. The second kappa shape index (κ2) is 10.8. The molecule has 1 saturated carbocycles. The van der Waals surface area contributed by atoms with Crippen molar-refractivity contribution < 1.29 is 40.1 Å². The van der Waals surface area contributed by atoms with E-state index in [1.54, 1.807) is 12.1 Å². The maximum Gasteiger partial charge on any atom is 0.271 e. The molecule has 3 saturated heterocycles. The number of fused-ring (bicyclic) bond motifs is 3. The van der Waals surface area contributed by atoms with Crippen molar-refractivity contribution in [3.63, 3.8) is 0 Å². The lowest BCUT2D eigenvalue weighted by Crippen LogP contribution is -3.00. The average molecular weight is 573 g/mol. The van der Waals surface area contributed by atoms with Gasteiger partial charge in [0, 0.05) is 24.7 Å². The maximum absolute atomic E-state index is 13.3. The van der Waals surface area contributed by atoms with Gasteiger partial charge in [-0.15, -0.1) is 10.2 Å². The summed E-state index contributed by atoms with van der Waals surface area (Å²) >= 11 is 0. The van der Waals surface area contributed by atoms with E-state index in [0.717, 1.165) is 68.2 Å². The molecule has 37 heavy (non-hydrogen) atoms. The highest BCUT2D eigenvalue weighted by molar-refractivity contribution is 5.29. The first-order valence-electron chi connectivity index (χ1n) is 13.4. The molecule has 4 heterocycles. The van der Waals surface area contributed by atoms with Crippen LogP contribution in [0.4, 0.5) is 4.39 Å². The lowest BCUT2D eigenvalue weighted by Gasteiger charge is -2.51. The molecule has 3 aromatic rings. The SMILES string of the molecule is O[C@](c1ccccc1)(c1nnc(C[N+]23CCC(CC2)[C@@H](Oc2ccc(F)cc2)C3)o1)C1CCCCC1.[Br-]. The molecular weight excluding hydrogens is 537 g/mol. The van der Waals surface area contributed by atoms with Crippen molar-refractivity contribution in [3.05, 3.63) is 77.8 Å². The summed E-state index contributed by atoms with van der Waals surface area (Å²) in [6.07, 6.45) is 7.59. The van der Waals surface area contributed by atoms with Crippen LogP contribution >= 0.6 is 0 Å². The van der Waals surface area contributed by atoms with E-state index in [-0.39, 0.29) is 34.8 Å². The predicted molar refractivity (Wildman–Crippen MR) is 132 cm³/mol. The van der Waals surface area contributed by atoms with E-state index >= 15 is 0 Å². The van der Waals surface area contributed by atoms with Crippen LogP contribution in [0.5, 0.6) is 5.75 Å². The lowest BCUT2D eigenvalue weighted by atomic mass is 9.73. The normalized spacial score (nSPS) is 27.3. The van der Waals surface area contributed by atoms with E-state index < -0.39 is 5.60 Å². The largest absolute Gasteiger partial charge is 1.00 e. The van der Waals surface area contributed by atoms with Crippen molar-refractivity contribution in [2.45, 2.75) is 63.2 Å². The van der Waals surface area contributed by atoms with Gasteiger partial charge >= 0.3 is 0 Å². The van der Waals surface area contributed by atoms with Crippen LogP contribution in [0.15, 0.2) is 59.0 Å². The van der Waals surface area contributed by atoms with Crippen LogP contribution in [-0.4, -0.2) is 45.5 Å². The Morgan fingerprint density at radius 2 is 1.65 bits per heavy atom. The summed E-state index contributed by atoms with van der Waals surface area (Å²) in [5.74, 6) is 1.94. The number of aliphatic hydroxyl groups is 1.